The minimum Gasteiger partial charge on any atom is -0.396 e. The Balaban J connectivity index is 2.25. The van der Waals surface area contributed by atoms with Crippen molar-refractivity contribution in [1.29, 1.82) is 0 Å². The maximum absolute atomic E-state index is 5.98. The molecule has 1 unspecified atom stereocenters. The van der Waals surface area contributed by atoms with Crippen molar-refractivity contribution in [1.82, 2.24) is 9.88 Å². The van der Waals surface area contributed by atoms with Gasteiger partial charge < -0.3 is 15.5 Å². The highest BCUT2D eigenvalue weighted by Crippen LogP contribution is 2.32. The minimum atomic E-state index is 0.549. The van der Waals surface area contributed by atoms with Crippen LogP contribution >= 0.6 is 15.9 Å². The molecule has 1 aromatic heterocycles. The van der Waals surface area contributed by atoms with E-state index in [0.29, 0.717) is 6.04 Å². The number of pyridine rings is 1. The Morgan fingerprint density at radius 3 is 2.81 bits per heavy atom. The lowest BCUT2D eigenvalue weighted by Gasteiger charge is -2.39. The number of hydrogen-bond acceptors (Lipinski definition) is 4. The molecule has 2 N–H and O–H groups in total. The zero-order chi connectivity index (χ0) is 11.7. The van der Waals surface area contributed by atoms with E-state index in [4.69, 9.17) is 5.73 Å². The van der Waals surface area contributed by atoms with Gasteiger partial charge in [0.1, 0.15) is 0 Å². The molecule has 1 atom stereocenters. The van der Waals surface area contributed by atoms with Gasteiger partial charge in [0.15, 0.2) is 0 Å². The van der Waals surface area contributed by atoms with Gasteiger partial charge in [-0.05, 0) is 29.9 Å². The number of piperazine rings is 1. The van der Waals surface area contributed by atoms with E-state index in [1.54, 1.807) is 12.4 Å². The summed E-state index contributed by atoms with van der Waals surface area (Å²) in [5.41, 5.74) is 7.80. The zero-order valence-corrected chi connectivity index (χ0v) is 11.2. The van der Waals surface area contributed by atoms with Crippen molar-refractivity contribution in [2.75, 3.05) is 37.3 Å². The van der Waals surface area contributed by atoms with Gasteiger partial charge in [0.05, 0.1) is 22.0 Å². The molecule has 5 heteroatoms. The number of anilines is 2. The molecule has 0 bridgehead atoms. The second-order valence-corrected chi connectivity index (χ2v) is 5.19. The predicted octanol–water partition coefficient (Wildman–Crippen LogP) is 1.57. The fraction of sp³-hybridized carbons (Fsp3) is 0.545. The highest BCUT2D eigenvalue weighted by atomic mass is 79.9. The molecule has 2 rings (SSSR count). The maximum atomic E-state index is 5.98. The van der Waals surface area contributed by atoms with Gasteiger partial charge in [0.25, 0.3) is 0 Å². The van der Waals surface area contributed by atoms with Crippen LogP contribution in [0.15, 0.2) is 16.9 Å². The van der Waals surface area contributed by atoms with Crippen molar-refractivity contribution >= 4 is 27.3 Å². The Hall–Kier alpha value is -0.810. The Kier molecular flexibility index (Phi) is 3.35. The van der Waals surface area contributed by atoms with Crippen LogP contribution in [0.5, 0.6) is 0 Å². The number of likely N-dealkylation sites (N-methyl/N-ethyl adjacent to an activating group) is 1. The number of nitrogens with zero attached hydrogens (tertiary/aromatic N) is 3. The van der Waals surface area contributed by atoms with Crippen LogP contribution in [0.25, 0.3) is 0 Å². The molecule has 1 aromatic rings. The molecule has 16 heavy (non-hydrogen) atoms. The van der Waals surface area contributed by atoms with Crippen LogP contribution in [0, 0.1) is 0 Å². The Morgan fingerprint density at radius 2 is 2.19 bits per heavy atom. The molecule has 1 aliphatic heterocycles. The largest absolute Gasteiger partial charge is 0.396 e. The van der Waals surface area contributed by atoms with Crippen molar-refractivity contribution in [3.8, 4) is 0 Å². The number of aromatic nitrogens is 1. The molecule has 0 amide bonds. The summed E-state index contributed by atoms with van der Waals surface area (Å²) in [6, 6.07) is 0.549. The van der Waals surface area contributed by atoms with Crippen molar-refractivity contribution in [2.24, 2.45) is 0 Å². The zero-order valence-electron chi connectivity index (χ0n) is 9.65. The smallest absolute Gasteiger partial charge is 0.0777 e. The van der Waals surface area contributed by atoms with E-state index in [0.717, 1.165) is 35.5 Å². The number of hydrogen-bond donors (Lipinski definition) is 1. The second kappa shape index (κ2) is 4.59. The molecule has 1 aliphatic rings. The van der Waals surface area contributed by atoms with Gasteiger partial charge in [0, 0.05) is 31.9 Å². The first kappa shape index (κ1) is 11.7. The molecule has 0 aromatic carbocycles. The lowest BCUT2D eigenvalue weighted by molar-refractivity contribution is 0.234. The average Bonchev–Trinajstić information content (AvgIpc) is 2.23. The van der Waals surface area contributed by atoms with E-state index >= 15 is 0 Å². The van der Waals surface area contributed by atoms with E-state index in [2.05, 4.69) is 44.7 Å². The van der Waals surface area contributed by atoms with Crippen molar-refractivity contribution in [3.63, 3.8) is 0 Å². The standard InChI is InChI=1S/C11H17BrN4/c1-8-7-16(4-3-15(8)2)11-9(12)5-14-6-10(11)13/h5-6,8H,3-4,7,13H2,1-2H3. The molecular weight excluding hydrogens is 268 g/mol. The maximum Gasteiger partial charge on any atom is 0.0777 e. The third-order valence-electron chi connectivity index (χ3n) is 3.18. The van der Waals surface area contributed by atoms with Crippen LogP contribution in [-0.2, 0) is 0 Å². The molecule has 0 aliphatic carbocycles. The van der Waals surface area contributed by atoms with Gasteiger partial charge in [-0.25, -0.2) is 0 Å². The first-order chi connectivity index (χ1) is 7.59. The molecule has 0 radical (unpaired) electrons. The lowest BCUT2D eigenvalue weighted by Crippen LogP contribution is -2.50. The van der Waals surface area contributed by atoms with Crippen LogP contribution < -0.4 is 10.6 Å². The Morgan fingerprint density at radius 1 is 1.44 bits per heavy atom. The van der Waals surface area contributed by atoms with Gasteiger partial charge in [-0.1, -0.05) is 0 Å². The summed E-state index contributed by atoms with van der Waals surface area (Å²) in [5.74, 6) is 0. The van der Waals surface area contributed by atoms with Crippen molar-refractivity contribution < 1.29 is 0 Å². The quantitative estimate of drug-likeness (QED) is 0.850. The van der Waals surface area contributed by atoms with Gasteiger partial charge >= 0.3 is 0 Å². The first-order valence-corrected chi connectivity index (χ1v) is 6.23. The third-order valence-corrected chi connectivity index (χ3v) is 3.76. The second-order valence-electron chi connectivity index (χ2n) is 4.33. The van der Waals surface area contributed by atoms with E-state index in [-0.39, 0.29) is 0 Å². The number of nitrogen functional groups attached to an aromatic ring is 1. The number of halogens is 1. The normalized spacial score (nSPS) is 22.4. The molecule has 88 valence electrons. The van der Waals surface area contributed by atoms with Gasteiger partial charge in [0.2, 0.25) is 0 Å². The molecule has 1 saturated heterocycles. The van der Waals surface area contributed by atoms with Crippen molar-refractivity contribution in [3.05, 3.63) is 16.9 Å². The summed E-state index contributed by atoms with van der Waals surface area (Å²) < 4.78 is 0.976. The fourth-order valence-electron chi connectivity index (χ4n) is 2.03. The monoisotopic (exact) mass is 284 g/mol. The van der Waals surface area contributed by atoms with Crippen LogP contribution in [0.1, 0.15) is 6.92 Å². The van der Waals surface area contributed by atoms with Gasteiger partial charge in [-0.2, -0.15) is 0 Å². The summed E-state index contributed by atoms with van der Waals surface area (Å²) in [6.07, 6.45) is 3.51. The van der Waals surface area contributed by atoms with Gasteiger partial charge in [-0.3, -0.25) is 4.98 Å². The molecule has 4 nitrogen and oxygen atoms in total. The van der Waals surface area contributed by atoms with Crippen LogP contribution in [0.2, 0.25) is 0 Å². The Labute approximate surface area is 105 Å². The average molecular weight is 285 g/mol. The predicted molar refractivity (Wildman–Crippen MR) is 70.7 cm³/mol. The van der Waals surface area contributed by atoms with Crippen LogP contribution in [0.3, 0.4) is 0 Å². The lowest BCUT2D eigenvalue weighted by atomic mass is 10.2. The molecule has 1 fully saturated rings. The van der Waals surface area contributed by atoms with Crippen LogP contribution in [-0.4, -0.2) is 42.6 Å². The van der Waals surface area contributed by atoms with E-state index in [9.17, 15) is 0 Å². The number of nitrogens with two attached hydrogens (primary N) is 1. The topological polar surface area (TPSA) is 45.4 Å². The fourth-order valence-corrected chi connectivity index (χ4v) is 2.63. The summed E-state index contributed by atoms with van der Waals surface area (Å²) in [5, 5.41) is 0. The summed E-state index contributed by atoms with van der Waals surface area (Å²) in [4.78, 5) is 8.75. The van der Waals surface area contributed by atoms with Crippen molar-refractivity contribution in [2.45, 2.75) is 13.0 Å². The van der Waals surface area contributed by atoms with Crippen LogP contribution in [0.4, 0.5) is 11.4 Å². The SMILES string of the molecule is CC1CN(c2c(N)cncc2Br)CCN1C. The molecule has 0 spiro atoms. The van der Waals surface area contributed by atoms with E-state index in [1.165, 1.54) is 0 Å². The molecule has 0 saturated carbocycles. The first-order valence-electron chi connectivity index (χ1n) is 5.43. The Bertz CT molecular complexity index is 362. The summed E-state index contributed by atoms with van der Waals surface area (Å²) in [7, 11) is 2.16. The molecular formula is C11H17BrN4. The minimum absolute atomic E-state index is 0.549. The highest BCUT2D eigenvalue weighted by molar-refractivity contribution is 9.10. The summed E-state index contributed by atoms with van der Waals surface area (Å²) in [6.45, 7) is 5.31. The molecule has 2 heterocycles. The van der Waals surface area contributed by atoms with E-state index < -0.39 is 0 Å². The summed E-state index contributed by atoms with van der Waals surface area (Å²) >= 11 is 3.52. The highest BCUT2D eigenvalue weighted by Gasteiger charge is 2.23. The van der Waals surface area contributed by atoms with Gasteiger partial charge in [-0.15, -0.1) is 0 Å². The number of rotatable bonds is 1. The van der Waals surface area contributed by atoms with E-state index in [1.807, 2.05) is 0 Å². The third kappa shape index (κ3) is 2.15.